The number of unbranched alkanes of at least 4 members (excludes halogenated alkanes) is 1. The van der Waals surface area contributed by atoms with Crippen LogP contribution in [0.25, 0.3) is 11.4 Å². The molecular weight excluding hydrogens is 400 g/mol. The maximum absolute atomic E-state index is 10.9. The molecule has 30 heavy (non-hydrogen) atoms. The van der Waals surface area contributed by atoms with Crippen LogP contribution < -0.4 is 15.2 Å². The lowest BCUT2D eigenvalue weighted by Crippen LogP contribution is -2.20. The Labute approximate surface area is 180 Å². The van der Waals surface area contributed by atoms with Gasteiger partial charge in [0.15, 0.2) is 17.6 Å². The van der Waals surface area contributed by atoms with Crippen molar-refractivity contribution in [2.45, 2.75) is 37.2 Å². The van der Waals surface area contributed by atoms with Crippen LogP contribution in [0.5, 0.6) is 11.5 Å². The Bertz CT molecular complexity index is 973. The number of carbonyl (C=O) groups is 1. The zero-order valence-electron chi connectivity index (χ0n) is 17.2. The first-order valence-corrected chi connectivity index (χ1v) is 10.8. The van der Waals surface area contributed by atoms with Gasteiger partial charge in [0, 0.05) is 17.9 Å². The molecule has 0 atom stereocenters. The average Bonchev–Trinajstić information content (AvgIpc) is 3.17. The number of rotatable bonds is 11. The Morgan fingerprint density at radius 3 is 2.63 bits per heavy atom. The van der Waals surface area contributed by atoms with Crippen LogP contribution in [0.3, 0.4) is 0 Å². The van der Waals surface area contributed by atoms with Crippen molar-refractivity contribution in [3.63, 3.8) is 0 Å². The Kier molecular flexibility index (Phi) is 7.73. The summed E-state index contributed by atoms with van der Waals surface area (Å²) < 4.78 is 12.8. The number of amides is 1. The second-order valence-electron chi connectivity index (χ2n) is 6.73. The van der Waals surface area contributed by atoms with Crippen LogP contribution in [-0.2, 0) is 17.1 Å². The van der Waals surface area contributed by atoms with Gasteiger partial charge in [-0.15, -0.1) is 10.2 Å². The molecule has 0 aliphatic carbocycles. The fourth-order valence-corrected chi connectivity index (χ4v) is 3.80. The molecule has 0 saturated carbocycles. The molecule has 0 aliphatic rings. The fourth-order valence-electron chi connectivity index (χ4n) is 2.89. The third-order valence-electron chi connectivity index (χ3n) is 4.45. The lowest BCUT2D eigenvalue weighted by atomic mass is 10.2. The van der Waals surface area contributed by atoms with Gasteiger partial charge in [0.05, 0.1) is 7.11 Å². The van der Waals surface area contributed by atoms with E-state index in [1.54, 1.807) is 18.9 Å². The van der Waals surface area contributed by atoms with Crippen molar-refractivity contribution in [2.24, 2.45) is 5.73 Å². The van der Waals surface area contributed by atoms with Crippen LogP contribution in [0.4, 0.5) is 0 Å². The highest BCUT2D eigenvalue weighted by atomic mass is 32.2. The molecule has 1 aromatic heterocycles. The van der Waals surface area contributed by atoms with Crippen LogP contribution in [0.1, 0.15) is 25.3 Å². The molecule has 0 unspecified atom stereocenters. The molecule has 2 N–H and O–H groups in total. The second-order valence-corrected chi connectivity index (χ2v) is 7.67. The summed E-state index contributed by atoms with van der Waals surface area (Å²) in [7, 11) is 1.65. The van der Waals surface area contributed by atoms with Gasteiger partial charge in [0.2, 0.25) is 0 Å². The number of benzene rings is 2. The molecule has 0 fully saturated rings. The maximum Gasteiger partial charge on any atom is 0.255 e. The number of carbonyl (C=O) groups excluding carboxylic acids is 1. The summed E-state index contributed by atoms with van der Waals surface area (Å²) in [5, 5.41) is 9.76. The summed E-state index contributed by atoms with van der Waals surface area (Å²) in [4.78, 5) is 10.9. The largest absolute Gasteiger partial charge is 0.497 e. The SMILES string of the molecule is CCCCn1c(SCc2cccc(OCC(N)=O)c2)nnc1-c1ccc(OC)cc1. The minimum atomic E-state index is -0.495. The third kappa shape index (κ3) is 5.76. The first-order chi connectivity index (χ1) is 14.6. The number of hydrogen-bond donors (Lipinski definition) is 1. The quantitative estimate of drug-likeness (QED) is 0.467. The van der Waals surface area contributed by atoms with Gasteiger partial charge in [-0.25, -0.2) is 0 Å². The van der Waals surface area contributed by atoms with Gasteiger partial charge in [0.1, 0.15) is 11.5 Å². The Hall–Kier alpha value is -3.00. The van der Waals surface area contributed by atoms with Gasteiger partial charge in [-0.2, -0.15) is 0 Å². The van der Waals surface area contributed by atoms with Crippen molar-refractivity contribution in [2.75, 3.05) is 13.7 Å². The number of nitrogens with zero attached hydrogens (tertiary/aromatic N) is 3. The summed E-state index contributed by atoms with van der Waals surface area (Å²) >= 11 is 1.62. The molecule has 3 aromatic rings. The van der Waals surface area contributed by atoms with E-state index in [1.807, 2.05) is 48.5 Å². The first-order valence-electron chi connectivity index (χ1n) is 9.81. The topological polar surface area (TPSA) is 92.3 Å². The molecule has 0 bridgehead atoms. The average molecular weight is 427 g/mol. The summed E-state index contributed by atoms with van der Waals surface area (Å²) in [6.45, 7) is 2.89. The first kappa shape index (κ1) is 21.7. The number of hydrogen-bond acceptors (Lipinski definition) is 6. The van der Waals surface area contributed by atoms with Gasteiger partial charge < -0.3 is 19.8 Å². The summed E-state index contributed by atoms with van der Waals surface area (Å²) in [6.07, 6.45) is 2.13. The van der Waals surface area contributed by atoms with Crippen molar-refractivity contribution < 1.29 is 14.3 Å². The molecule has 0 radical (unpaired) electrons. The Morgan fingerprint density at radius 1 is 1.13 bits per heavy atom. The molecule has 1 amide bonds. The molecule has 0 saturated heterocycles. The van der Waals surface area contributed by atoms with Crippen molar-refractivity contribution in [3.05, 3.63) is 54.1 Å². The lowest BCUT2D eigenvalue weighted by molar-refractivity contribution is -0.119. The summed E-state index contributed by atoms with van der Waals surface area (Å²) in [6, 6.07) is 15.5. The zero-order valence-corrected chi connectivity index (χ0v) is 18.0. The van der Waals surface area contributed by atoms with E-state index in [1.165, 1.54) is 0 Å². The van der Waals surface area contributed by atoms with E-state index in [0.717, 1.165) is 47.2 Å². The zero-order chi connectivity index (χ0) is 21.3. The molecule has 158 valence electrons. The van der Waals surface area contributed by atoms with E-state index in [2.05, 4.69) is 21.7 Å². The van der Waals surface area contributed by atoms with E-state index >= 15 is 0 Å². The minimum Gasteiger partial charge on any atom is -0.497 e. The molecular formula is C22H26N4O3S. The number of thioether (sulfide) groups is 1. The predicted octanol–water partition coefficient (Wildman–Crippen LogP) is 3.91. The molecule has 3 rings (SSSR count). The van der Waals surface area contributed by atoms with E-state index < -0.39 is 5.91 Å². The second kappa shape index (κ2) is 10.7. The van der Waals surface area contributed by atoms with Crippen LogP contribution >= 0.6 is 11.8 Å². The summed E-state index contributed by atoms with van der Waals surface area (Å²) in [5.74, 6) is 2.50. The molecule has 8 heteroatoms. The standard InChI is InChI=1S/C22H26N4O3S/c1-3-4-12-26-21(17-8-10-18(28-2)11-9-17)24-25-22(26)30-15-16-6-5-7-19(13-16)29-14-20(23)27/h5-11,13H,3-4,12,14-15H2,1-2H3,(H2,23,27). The van der Waals surface area contributed by atoms with Crippen molar-refractivity contribution in [1.29, 1.82) is 0 Å². The molecule has 0 aliphatic heterocycles. The number of methoxy groups -OCH3 is 1. The van der Waals surface area contributed by atoms with Crippen LogP contribution in [0.15, 0.2) is 53.7 Å². The van der Waals surface area contributed by atoms with Crippen molar-refractivity contribution in [3.8, 4) is 22.9 Å². The van der Waals surface area contributed by atoms with E-state index in [4.69, 9.17) is 15.2 Å². The lowest BCUT2D eigenvalue weighted by Gasteiger charge is -2.10. The Balaban J connectivity index is 1.76. The maximum atomic E-state index is 10.9. The number of ether oxygens (including phenoxy) is 2. The number of aromatic nitrogens is 3. The number of primary amides is 1. The monoisotopic (exact) mass is 426 g/mol. The number of nitrogens with two attached hydrogens (primary N) is 1. The van der Waals surface area contributed by atoms with Crippen LogP contribution in [0, 0.1) is 0 Å². The Morgan fingerprint density at radius 2 is 1.93 bits per heavy atom. The smallest absolute Gasteiger partial charge is 0.255 e. The fraction of sp³-hybridized carbons (Fsp3) is 0.318. The predicted molar refractivity (Wildman–Crippen MR) is 118 cm³/mol. The molecule has 0 spiro atoms. The van der Waals surface area contributed by atoms with E-state index in [-0.39, 0.29) is 6.61 Å². The van der Waals surface area contributed by atoms with Crippen LogP contribution in [0.2, 0.25) is 0 Å². The highest BCUT2D eigenvalue weighted by molar-refractivity contribution is 7.98. The van der Waals surface area contributed by atoms with Crippen molar-refractivity contribution >= 4 is 17.7 Å². The van der Waals surface area contributed by atoms with Gasteiger partial charge in [-0.3, -0.25) is 4.79 Å². The minimum absolute atomic E-state index is 0.132. The highest BCUT2D eigenvalue weighted by Gasteiger charge is 2.14. The van der Waals surface area contributed by atoms with E-state index in [0.29, 0.717) is 11.5 Å². The van der Waals surface area contributed by atoms with Gasteiger partial charge >= 0.3 is 0 Å². The van der Waals surface area contributed by atoms with Gasteiger partial charge in [-0.1, -0.05) is 37.2 Å². The van der Waals surface area contributed by atoms with Crippen LogP contribution in [-0.4, -0.2) is 34.4 Å². The van der Waals surface area contributed by atoms with Gasteiger partial charge in [0.25, 0.3) is 5.91 Å². The normalized spacial score (nSPS) is 10.7. The van der Waals surface area contributed by atoms with Crippen molar-refractivity contribution in [1.82, 2.24) is 14.8 Å². The van der Waals surface area contributed by atoms with E-state index in [9.17, 15) is 4.79 Å². The summed E-state index contributed by atoms with van der Waals surface area (Å²) in [5.41, 5.74) is 7.22. The van der Waals surface area contributed by atoms with Gasteiger partial charge in [-0.05, 0) is 48.4 Å². The molecule has 1 heterocycles. The third-order valence-corrected chi connectivity index (χ3v) is 5.49. The molecule has 7 nitrogen and oxygen atoms in total. The highest BCUT2D eigenvalue weighted by Crippen LogP contribution is 2.28. The molecule has 2 aromatic carbocycles.